The van der Waals surface area contributed by atoms with E-state index in [1.54, 1.807) is 44.6 Å². The Morgan fingerprint density at radius 1 is 0.972 bits per heavy atom. The Morgan fingerprint density at radius 2 is 1.78 bits per heavy atom. The van der Waals surface area contributed by atoms with Crippen molar-refractivity contribution in [2.75, 3.05) is 30.6 Å². The Bertz CT molecular complexity index is 1390. The number of hydrogen-bond acceptors (Lipinski definition) is 7. The van der Waals surface area contributed by atoms with Crippen molar-refractivity contribution in [2.45, 2.75) is 4.90 Å². The molecule has 10 heteroatoms. The number of nitrogens with one attached hydrogen (secondary N) is 2. The number of hydrogen-bond donors (Lipinski definition) is 2. The van der Waals surface area contributed by atoms with Crippen molar-refractivity contribution in [3.05, 3.63) is 82.7 Å². The van der Waals surface area contributed by atoms with Crippen molar-refractivity contribution in [3.63, 3.8) is 0 Å². The van der Waals surface area contributed by atoms with Gasteiger partial charge in [-0.1, -0.05) is 23.7 Å². The third-order valence-electron chi connectivity index (χ3n) is 4.98. The van der Waals surface area contributed by atoms with Crippen LogP contribution in [-0.4, -0.2) is 36.8 Å². The van der Waals surface area contributed by atoms with Gasteiger partial charge in [-0.05, 0) is 54.6 Å². The monoisotopic (exact) mass is 539 g/mol. The number of aromatic nitrogens is 1. The predicted octanol–water partition coefficient (Wildman–Crippen LogP) is 6.46. The van der Waals surface area contributed by atoms with E-state index in [4.69, 9.17) is 21.1 Å². The number of amides is 2. The highest BCUT2D eigenvalue weighted by Gasteiger charge is 2.12. The van der Waals surface area contributed by atoms with Gasteiger partial charge >= 0.3 is 0 Å². The smallest absolute Gasteiger partial charge is 0.255 e. The van der Waals surface area contributed by atoms with Gasteiger partial charge in [0, 0.05) is 32.1 Å². The summed E-state index contributed by atoms with van der Waals surface area (Å²) in [6.45, 7) is 0. The van der Waals surface area contributed by atoms with Gasteiger partial charge in [0.1, 0.15) is 0 Å². The predicted molar refractivity (Wildman–Crippen MR) is 146 cm³/mol. The summed E-state index contributed by atoms with van der Waals surface area (Å²) >= 11 is 8.67. The average molecular weight is 540 g/mol. The molecule has 4 aromatic rings. The van der Waals surface area contributed by atoms with E-state index in [-0.39, 0.29) is 17.6 Å². The molecule has 0 radical (unpaired) electrons. The van der Waals surface area contributed by atoms with Gasteiger partial charge < -0.3 is 20.1 Å². The second-order valence-corrected chi connectivity index (χ2v) is 9.78. The highest BCUT2D eigenvalue weighted by atomic mass is 35.5. The Hall–Kier alpha value is -3.53. The molecule has 7 nitrogen and oxygen atoms in total. The standard InChI is InChI=1S/C26H22ClN3O4S2/c1-33-22-10-9-16(12-23(22)34-2)21-14-36-26(29-21)30-24(31)15-35-20-8-4-7-19(13-20)28-25(32)17-5-3-6-18(27)11-17/h3-14H,15H2,1-2H3,(H,28,32)(H,29,30,31). The van der Waals surface area contributed by atoms with Crippen LogP contribution in [0.15, 0.2) is 77.0 Å². The van der Waals surface area contributed by atoms with Crippen molar-refractivity contribution in [1.82, 2.24) is 4.98 Å². The lowest BCUT2D eigenvalue weighted by Crippen LogP contribution is -2.14. The first-order chi connectivity index (χ1) is 17.4. The molecule has 0 bridgehead atoms. The molecule has 1 aromatic heterocycles. The van der Waals surface area contributed by atoms with Gasteiger partial charge in [0.25, 0.3) is 5.91 Å². The van der Waals surface area contributed by atoms with Gasteiger partial charge in [-0.15, -0.1) is 23.1 Å². The summed E-state index contributed by atoms with van der Waals surface area (Å²) in [7, 11) is 3.16. The zero-order valence-corrected chi connectivity index (χ0v) is 21.8. The number of ether oxygens (including phenoxy) is 2. The number of thiazole rings is 1. The number of rotatable bonds is 9. The minimum Gasteiger partial charge on any atom is -0.493 e. The molecule has 36 heavy (non-hydrogen) atoms. The van der Waals surface area contributed by atoms with Crippen LogP contribution in [0.3, 0.4) is 0 Å². The Labute approximate surface area is 221 Å². The maximum atomic E-state index is 12.5. The molecule has 0 aliphatic rings. The Morgan fingerprint density at radius 3 is 2.56 bits per heavy atom. The fraction of sp³-hybridized carbons (Fsp3) is 0.115. The molecule has 0 aliphatic heterocycles. The van der Waals surface area contributed by atoms with Gasteiger partial charge in [-0.3, -0.25) is 9.59 Å². The molecule has 2 amide bonds. The molecule has 0 fully saturated rings. The van der Waals surface area contributed by atoms with E-state index in [1.807, 2.05) is 41.8 Å². The van der Waals surface area contributed by atoms with Gasteiger partial charge in [0.15, 0.2) is 16.6 Å². The van der Waals surface area contributed by atoms with Gasteiger partial charge in [-0.2, -0.15) is 0 Å². The molecule has 4 rings (SSSR count). The van der Waals surface area contributed by atoms with Crippen LogP contribution >= 0.6 is 34.7 Å². The van der Waals surface area contributed by atoms with Gasteiger partial charge in [-0.25, -0.2) is 4.98 Å². The molecule has 184 valence electrons. The molecule has 0 saturated carbocycles. The lowest BCUT2D eigenvalue weighted by molar-refractivity contribution is -0.113. The number of benzene rings is 3. The van der Waals surface area contributed by atoms with Crippen LogP contribution in [0.25, 0.3) is 11.3 Å². The lowest BCUT2D eigenvalue weighted by atomic mass is 10.1. The minimum atomic E-state index is -0.258. The van der Waals surface area contributed by atoms with Crippen LogP contribution in [0.5, 0.6) is 11.5 Å². The van der Waals surface area contributed by atoms with Crippen LogP contribution < -0.4 is 20.1 Å². The van der Waals surface area contributed by atoms with Crippen LogP contribution in [-0.2, 0) is 4.79 Å². The van der Waals surface area contributed by atoms with Gasteiger partial charge in [0.2, 0.25) is 5.91 Å². The molecular formula is C26H22ClN3O4S2. The molecule has 0 saturated heterocycles. The van der Waals surface area contributed by atoms with Crippen LogP contribution in [0, 0.1) is 0 Å². The summed E-state index contributed by atoms with van der Waals surface area (Å²) in [4.78, 5) is 30.3. The Kier molecular flexibility index (Phi) is 8.48. The molecule has 0 aliphatic carbocycles. The quantitative estimate of drug-likeness (QED) is 0.237. The second-order valence-electron chi connectivity index (χ2n) is 7.44. The van der Waals surface area contributed by atoms with E-state index in [9.17, 15) is 9.59 Å². The van der Waals surface area contributed by atoms with E-state index < -0.39 is 0 Å². The molecule has 0 spiro atoms. The fourth-order valence-corrected chi connectivity index (χ4v) is 4.94. The molecule has 0 atom stereocenters. The largest absolute Gasteiger partial charge is 0.493 e. The third-order valence-corrected chi connectivity index (χ3v) is 6.97. The number of nitrogens with zero attached hydrogens (tertiary/aromatic N) is 1. The lowest BCUT2D eigenvalue weighted by Gasteiger charge is -2.08. The Balaban J connectivity index is 1.33. The van der Waals surface area contributed by atoms with E-state index in [2.05, 4.69) is 15.6 Å². The summed E-state index contributed by atoms with van der Waals surface area (Å²) in [5, 5.41) is 8.56. The third kappa shape index (κ3) is 6.57. The summed E-state index contributed by atoms with van der Waals surface area (Å²) in [5.41, 5.74) is 2.68. The zero-order chi connectivity index (χ0) is 25.5. The number of halogens is 1. The van der Waals surface area contributed by atoms with E-state index in [0.29, 0.717) is 32.9 Å². The maximum Gasteiger partial charge on any atom is 0.255 e. The van der Waals surface area contributed by atoms with E-state index in [0.717, 1.165) is 16.2 Å². The van der Waals surface area contributed by atoms with Crippen molar-refractivity contribution >= 4 is 57.3 Å². The topological polar surface area (TPSA) is 89.6 Å². The van der Waals surface area contributed by atoms with Gasteiger partial charge in [0.05, 0.1) is 25.7 Å². The van der Waals surface area contributed by atoms with Crippen molar-refractivity contribution < 1.29 is 19.1 Å². The van der Waals surface area contributed by atoms with Crippen molar-refractivity contribution in [2.24, 2.45) is 0 Å². The number of thioether (sulfide) groups is 1. The first kappa shape index (κ1) is 25.6. The van der Waals surface area contributed by atoms with Crippen molar-refractivity contribution in [3.8, 4) is 22.8 Å². The normalized spacial score (nSPS) is 10.5. The highest BCUT2D eigenvalue weighted by molar-refractivity contribution is 8.00. The van der Waals surface area contributed by atoms with E-state index in [1.165, 1.54) is 23.1 Å². The van der Waals surface area contributed by atoms with Crippen LogP contribution in [0.4, 0.5) is 10.8 Å². The maximum absolute atomic E-state index is 12.5. The number of carbonyl (C=O) groups excluding carboxylic acids is 2. The average Bonchev–Trinajstić information content (AvgIpc) is 3.35. The van der Waals surface area contributed by atoms with Crippen LogP contribution in [0.2, 0.25) is 5.02 Å². The number of methoxy groups -OCH3 is 2. The second kappa shape index (κ2) is 11.9. The van der Waals surface area contributed by atoms with E-state index >= 15 is 0 Å². The number of carbonyl (C=O) groups is 2. The van der Waals surface area contributed by atoms with Crippen LogP contribution in [0.1, 0.15) is 10.4 Å². The summed E-state index contributed by atoms with van der Waals surface area (Å²) < 4.78 is 10.6. The summed E-state index contributed by atoms with van der Waals surface area (Å²) in [6, 6.07) is 19.6. The molecule has 1 heterocycles. The first-order valence-electron chi connectivity index (χ1n) is 10.7. The minimum absolute atomic E-state index is 0.179. The molecular weight excluding hydrogens is 518 g/mol. The highest BCUT2D eigenvalue weighted by Crippen LogP contribution is 2.33. The summed E-state index contributed by atoms with van der Waals surface area (Å²) in [6.07, 6.45) is 0. The molecule has 2 N–H and O–H groups in total. The molecule has 0 unspecified atom stereocenters. The summed E-state index contributed by atoms with van der Waals surface area (Å²) in [5.74, 6) is 0.996. The SMILES string of the molecule is COc1ccc(-c2csc(NC(=O)CSc3cccc(NC(=O)c4cccc(Cl)c4)c3)n2)cc1OC. The first-order valence-corrected chi connectivity index (χ1v) is 13.0. The fourth-order valence-electron chi connectivity index (χ4n) is 3.26. The molecule has 3 aromatic carbocycles. The number of anilines is 2. The van der Waals surface area contributed by atoms with Crippen molar-refractivity contribution in [1.29, 1.82) is 0 Å². The zero-order valence-electron chi connectivity index (χ0n) is 19.4.